The van der Waals surface area contributed by atoms with Gasteiger partial charge < -0.3 is 9.47 Å². The summed E-state index contributed by atoms with van der Waals surface area (Å²) < 4.78 is 28.2. The molecule has 0 N–H and O–H groups in total. The monoisotopic (exact) mass is 331 g/mol. The molecular formula is C17H19F2N5. The van der Waals surface area contributed by atoms with Gasteiger partial charge in [0.2, 0.25) is 0 Å². The number of nitrogens with zero attached hydrogens (tertiary/aromatic N) is 5. The molecule has 0 saturated heterocycles. The summed E-state index contributed by atoms with van der Waals surface area (Å²) in [6.45, 7) is 3.47. The highest BCUT2D eigenvalue weighted by molar-refractivity contribution is 5.89. The number of aromatic nitrogens is 4. The van der Waals surface area contributed by atoms with E-state index in [9.17, 15) is 8.78 Å². The van der Waals surface area contributed by atoms with Gasteiger partial charge in [-0.3, -0.25) is 0 Å². The number of anilines is 1. The van der Waals surface area contributed by atoms with Gasteiger partial charge in [0.05, 0.1) is 5.52 Å². The van der Waals surface area contributed by atoms with Crippen molar-refractivity contribution in [3.05, 3.63) is 48.3 Å². The summed E-state index contributed by atoms with van der Waals surface area (Å²) in [6.07, 6.45) is 1.88. The Bertz CT molecular complexity index is 831. The van der Waals surface area contributed by atoms with Crippen LogP contribution in [-0.4, -0.2) is 33.1 Å². The van der Waals surface area contributed by atoms with E-state index >= 15 is 0 Å². The topological polar surface area (TPSA) is 46.8 Å². The molecule has 24 heavy (non-hydrogen) atoms. The molecule has 0 spiro atoms. The van der Waals surface area contributed by atoms with Crippen LogP contribution in [-0.2, 0) is 6.54 Å². The molecule has 0 aliphatic carbocycles. The smallest absolute Gasteiger partial charge is 0.297 e. The molecule has 3 rings (SSSR count). The summed E-state index contributed by atoms with van der Waals surface area (Å²) in [7, 11) is 1.87. The van der Waals surface area contributed by atoms with Crippen molar-refractivity contribution < 1.29 is 8.78 Å². The van der Waals surface area contributed by atoms with Crippen molar-refractivity contribution in [1.29, 1.82) is 0 Å². The van der Waals surface area contributed by atoms with E-state index < -0.39 is 12.2 Å². The molecule has 0 saturated carbocycles. The van der Waals surface area contributed by atoms with E-state index in [0.717, 1.165) is 24.2 Å². The molecule has 2 heterocycles. The number of halogens is 2. The first-order valence-corrected chi connectivity index (χ1v) is 7.80. The quantitative estimate of drug-likeness (QED) is 0.692. The average molecular weight is 331 g/mol. The number of hydrogen-bond acceptors (Lipinski definition) is 4. The Balaban J connectivity index is 1.80. The number of rotatable bonds is 6. The lowest BCUT2D eigenvalue weighted by Gasteiger charge is -2.20. The molecule has 0 radical (unpaired) electrons. The zero-order valence-electron chi connectivity index (χ0n) is 13.7. The fourth-order valence-corrected chi connectivity index (χ4v) is 2.69. The van der Waals surface area contributed by atoms with Gasteiger partial charge in [-0.25, -0.2) is 23.7 Å². The molecule has 0 aliphatic rings. The Morgan fingerprint density at radius 3 is 2.71 bits per heavy atom. The molecule has 0 atom stereocenters. The van der Waals surface area contributed by atoms with Crippen molar-refractivity contribution in [2.24, 2.45) is 0 Å². The van der Waals surface area contributed by atoms with E-state index in [1.54, 1.807) is 18.3 Å². The Morgan fingerprint density at radius 2 is 2.00 bits per heavy atom. The summed E-state index contributed by atoms with van der Waals surface area (Å²) in [5.41, 5.74) is 0.537. The molecule has 1 aromatic carbocycles. The van der Waals surface area contributed by atoms with Gasteiger partial charge in [-0.05, 0) is 25.5 Å². The maximum atomic E-state index is 13.1. The van der Waals surface area contributed by atoms with E-state index in [4.69, 9.17) is 0 Å². The summed E-state index contributed by atoms with van der Waals surface area (Å²) in [5.74, 6) is 1.07. The van der Waals surface area contributed by atoms with Crippen molar-refractivity contribution in [3.8, 4) is 0 Å². The van der Waals surface area contributed by atoms with E-state index in [0.29, 0.717) is 17.9 Å². The van der Waals surface area contributed by atoms with Crippen LogP contribution in [0.1, 0.15) is 24.5 Å². The summed E-state index contributed by atoms with van der Waals surface area (Å²) >= 11 is 0. The van der Waals surface area contributed by atoms with Crippen molar-refractivity contribution in [3.63, 3.8) is 0 Å². The van der Waals surface area contributed by atoms with Gasteiger partial charge >= 0.3 is 0 Å². The molecule has 0 aliphatic heterocycles. The highest BCUT2D eigenvalue weighted by Crippen LogP contribution is 2.26. The molecule has 126 valence electrons. The largest absolute Gasteiger partial charge is 0.359 e. The van der Waals surface area contributed by atoms with Crippen molar-refractivity contribution in [1.82, 2.24) is 19.5 Å². The summed E-state index contributed by atoms with van der Waals surface area (Å²) in [4.78, 5) is 14.1. The van der Waals surface area contributed by atoms with Crippen LogP contribution in [0.5, 0.6) is 0 Å². The molecule has 0 bridgehead atoms. The normalized spacial score (nSPS) is 11.4. The minimum Gasteiger partial charge on any atom is -0.359 e. The number of aryl methyl sites for hydroxylation is 2. The number of benzene rings is 1. The van der Waals surface area contributed by atoms with Crippen molar-refractivity contribution >= 4 is 16.7 Å². The Labute approximate surface area is 139 Å². The van der Waals surface area contributed by atoms with Crippen LogP contribution in [0.2, 0.25) is 0 Å². The first-order valence-electron chi connectivity index (χ1n) is 7.80. The molecule has 3 aromatic rings. The predicted octanol–water partition coefficient (Wildman–Crippen LogP) is 3.60. The third kappa shape index (κ3) is 3.34. The van der Waals surface area contributed by atoms with Crippen LogP contribution in [0.3, 0.4) is 0 Å². The van der Waals surface area contributed by atoms with E-state index in [1.807, 2.05) is 37.2 Å². The van der Waals surface area contributed by atoms with Crippen molar-refractivity contribution in [2.45, 2.75) is 26.3 Å². The Morgan fingerprint density at radius 1 is 1.21 bits per heavy atom. The highest BCUT2D eigenvalue weighted by atomic mass is 19.3. The van der Waals surface area contributed by atoms with Gasteiger partial charge in [0, 0.05) is 37.9 Å². The standard InChI is InChI=1S/C17H19F2N5/c1-12-20-8-11-24(12)10-5-9-23(2)17-13-6-3-4-7-14(13)21-16(22-17)15(18)19/h3-4,6-8,11,15H,5,9-10H2,1-2H3. The van der Waals surface area contributed by atoms with Crippen LogP contribution >= 0.6 is 0 Å². The molecule has 7 heteroatoms. The van der Waals surface area contributed by atoms with Gasteiger partial charge in [-0.15, -0.1) is 0 Å². The van der Waals surface area contributed by atoms with Crippen LogP contribution in [0.4, 0.5) is 14.6 Å². The minimum atomic E-state index is -2.68. The SMILES string of the molecule is Cc1nccn1CCCN(C)c1nc(C(F)F)nc2ccccc12. The van der Waals surface area contributed by atoms with Gasteiger partial charge in [-0.1, -0.05) is 12.1 Å². The van der Waals surface area contributed by atoms with E-state index in [2.05, 4.69) is 19.5 Å². The molecule has 5 nitrogen and oxygen atoms in total. The minimum absolute atomic E-state index is 0.430. The molecule has 0 amide bonds. The summed E-state index contributed by atoms with van der Waals surface area (Å²) in [5, 5.41) is 0.781. The van der Waals surface area contributed by atoms with Gasteiger partial charge in [0.1, 0.15) is 11.6 Å². The highest BCUT2D eigenvalue weighted by Gasteiger charge is 2.17. The van der Waals surface area contributed by atoms with Gasteiger partial charge in [-0.2, -0.15) is 0 Å². The maximum absolute atomic E-state index is 13.1. The van der Waals surface area contributed by atoms with Crippen LogP contribution in [0.15, 0.2) is 36.7 Å². The lowest BCUT2D eigenvalue weighted by Crippen LogP contribution is -2.22. The third-order valence-corrected chi connectivity index (χ3v) is 3.97. The second-order valence-electron chi connectivity index (χ2n) is 5.67. The second-order valence-corrected chi connectivity index (χ2v) is 5.67. The number of imidazole rings is 1. The average Bonchev–Trinajstić information content (AvgIpc) is 2.98. The maximum Gasteiger partial charge on any atom is 0.297 e. The number of para-hydroxylation sites is 1. The zero-order chi connectivity index (χ0) is 17.1. The molecular weight excluding hydrogens is 312 g/mol. The number of hydrogen-bond donors (Lipinski definition) is 0. The fourth-order valence-electron chi connectivity index (χ4n) is 2.69. The predicted molar refractivity (Wildman–Crippen MR) is 89.3 cm³/mol. The van der Waals surface area contributed by atoms with Gasteiger partial charge in [0.25, 0.3) is 6.43 Å². The fraction of sp³-hybridized carbons (Fsp3) is 0.353. The van der Waals surface area contributed by atoms with E-state index in [1.165, 1.54) is 0 Å². The first-order chi connectivity index (χ1) is 11.6. The second kappa shape index (κ2) is 6.90. The Hall–Kier alpha value is -2.57. The lowest BCUT2D eigenvalue weighted by atomic mass is 10.2. The Kier molecular flexibility index (Phi) is 4.69. The summed E-state index contributed by atoms with van der Waals surface area (Å²) in [6, 6.07) is 7.24. The van der Waals surface area contributed by atoms with Crippen molar-refractivity contribution in [2.75, 3.05) is 18.5 Å². The number of alkyl halides is 2. The number of fused-ring (bicyclic) bond motifs is 1. The zero-order valence-corrected chi connectivity index (χ0v) is 13.7. The third-order valence-electron chi connectivity index (χ3n) is 3.97. The van der Waals surface area contributed by atoms with E-state index in [-0.39, 0.29) is 0 Å². The van der Waals surface area contributed by atoms with Gasteiger partial charge in [0.15, 0.2) is 5.82 Å². The lowest BCUT2D eigenvalue weighted by molar-refractivity contribution is 0.141. The first kappa shape index (κ1) is 16.3. The van der Waals surface area contributed by atoms with Crippen LogP contribution in [0.25, 0.3) is 10.9 Å². The van der Waals surface area contributed by atoms with Crippen LogP contribution in [0, 0.1) is 6.92 Å². The molecule has 0 fully saturated rings. The molecule has 2 aromatic heterocycles. The van der Waals surface area contributed by atoms with Crippen LogP contribution < -0.4 is 4.90 Å². The molecule has 0 unspecified atom stereocenters.